The number of imide groups is 2. The maximum atomic E-state index is 14.0. The number of amides is 4. The quantitative estimate of drug-likeness (QED) is 0.211. The highest BCUT2D eigenvalue weighted by atomic mass is 127. The Morgan fingerprint density at radius 1 is 1.02 bits per heavy atom. The van der Waals surface area contributed by atoms with Crippen LogP contribution in [-0.2, 0) is 19.2 Å². The van der Waals surface area contributed by atoms with Crippen molar-refractivity contribution in [3.63, 3.8) is 0 Å². The molecule has 208 valence electrons. The summed E-state index contributed by atoms with van der Waals surface area (Å²) in [5.74, 6) is -5.06. The van der Waals surface area contributed by atoms with E-state index in [-0.39, 0.29) is 30.2 Å². The van der Waals surface area contributed by atoms with Crippen molar-refractivity contribution in [3.05, 3.63) is 62.2 Å². The van der Waals surface area contributed by atoms with Crippen LogP contribution in [0.1, 0.15) is 24.3 Å². The first-order valence-corrected chi connectivity index (χ1v) is 14.7. The molecule has 8 nitrogen and oxygen atoms in total. The van der Waals surface area contributed by atoms with Crippen molar-refractivity contribution < 1.29 is 29.0 Å². The van der Waals surface area contributed by atoms with Gasteiger partial charge in [-0.2, -0.15) is 0 Å². The van der Waals surface area contributed by atoms with Crippen molar-refractivity contribution in [2.45, 2.75) is 28.5 Å². The van der Waals surface area contributed by atoms with Crippen LogP contribution < -0.4 is 9.64 Å². The first-order valence-electron chi connectivity index (χ1n) is 12.5. The Labute approximate surface area is 258 Å². The molecule has 2 aromatic carbocycles. The number of anilines is 1. The van der Waals surface area contributed by atoms with Crippen LogP contribution >= 0.6 is 57.4 Å². The topological polar surface area (TPSA) is 104 Å². The number of halogens is 4. The SMILES string of the molecule is COc1cc([C@H]2C3=CC[C@@H]4C(=O)N(c5ccc(Cl)cc5)C(=O)[C@@H]4[C@@H]3C[C@@]3(Cl)C(=O)N(C)C(=O)[C@@]23Cl)cc(I)c1O. The normalized spacial score (nSPS) is 33.1. The predicted octanol–water partition coefficient (Wildman–Crippen LogP) is 4.85. The molecule has 0 radical (unpaired) electrons. The average molecular weight is 716 g/mol. The molecule has 12 heteroatoms. The molecule has 6 rings (SSSR count). The summed E-state index contributed by atoms with van der Waals surface area (Å²) in [7, 11) is 2.74. The lowest BCUT2D eigenvalue weighted by Gasteiger charge is -2.50. The van der Waals surface area contributed by atoms with Crippen LogP contribution in [-0.4, -0.2) is 57.5 Å². The molecule has 3 fully saturated rings. The zero-order valence-corrected chi connectivity index (χ0v) is 25.6. The number of allylic oxidation sites excluding steroid dienone is 2. The van der Waals surface area contributed by atoms with Crippen molar-refractivity contribution in [1.29, 1.82) is 0 Å². The number of alkyl halides is 2. The Hall–Kier alpha value is -2.34. The number of methoxy groups -OCH3 is 1. The third-order valence-corrected chi connectivity index (χ3v) is 11.2. The van der Waals surface area contributed by atoms with Gasteiger partial charge in [0, 0.05) is 18.0 Å². The summed E-state index contributed by atoms with van der Waals surface area (Å²) < 4.78 is 5.82. The standard InChI is InChI=1S/C28H22Cl3IN2O6/c1-33-25(38)27(30)11-17-15(21(28(27,31)26(33)39)12-9-18(32)22(35)19(10-12)40-2)7-8-16-20(17)24(37)34(23(16)36)14-5-3-13(29)4-6-14/h3-7,9-10,16-17,20-21,35H,8,11H2,1-2H3/t16-,17+,20-,21-,27+,28-/m0/s1. The number of nitrogens with zero attached hydrogens (tertiary/aromatic N) is 2. The van der Waals surface area contributed by atoms with Crippen LogP contribution in [0.15, 0.2) is 48.0 Å². The first-order chi connectivity index (χ1) is 18.9. The minimum Gasteiger partial charge on any atom is -0.504 e. The van der Waals surface area contributed by atoms with E-state index in [2.05, 4.69) is 0 Å². The minimum absolute atomic E-state index is 0.0845. The second kappa shape index (κ2) is 9.34. The van der Waals surface area contributed by atoms with E-state index in [1.165, 1.54) is 19.1 Å². The van der Waals surface area contributed by atoms with Crippen LogP contribution in [0.2, 0.25) is 5.02 Å². The van der Waals surface area contributed by atoms with E-state index in [1.54, 1.807) is 36.4 Å². The molecule has 0 bridgehead atoms. The molecule has 1 N–H and O–H groups in total. The van der Waals surface area contributed by atoms with Crippen LogP contribution in [0.3, 0.4) is 0 Å². The monoisotopic (exact) mass is 714 g/mol. The largest absolute Gasteiger partial charge is 0.504 e. The highest BCUT2D eigenvalue weighted by Gasteiger charge is 2.76. The van der Waals surface area contributed by atoms with Gasteiger partial charge in [-0.3, -0.25) is 29.0 Å². The van der Waals surface area contributed by atoms with Gasteiger partial charge in [-0.05, 0) is 83.3 Å². The summed E-state index contributed by atoms with van der Waals surface area (Å²) in [6, 6.07) is 9.66. The Balaban J connectivity index is 1.53. The molecule has 0 unspecified atom stereocenters. The van der Waals surface area contributed by atoms with Crippen molar-refractivity contribution in [1.82, 2.24) is 4.90 Å². The fraction of sp³-hybridized carbons (Fsp3) is 0.357. The van der Waals surface area contributed by atoms with Crippen LogP contribution in [0.5, 0.6) is 11.5 Å². The van der Waals surface area contributed by atoms with E-state index in [0.717, 1.165) is 4.90 Å². The van der Waals surface area contributed by atoms with Crippen molar-refractivity contribution >= 4 is 86.7 Å². The van der Waals surface area contributed by atoms with Gasteiger partial charge in [0.2, 0.25) is 11.8 Å². The number of fused-ring (bicyclic) bond motifs is 4. The molecular formula is C28H22Cl3IN2O6. The van der Waals surface area contributed by atoms with Crippen molar-refractivity contribution in [2.75, 3.05) is 19.1 Å². The summed E-state index contributed by atoms with van der Waals surface area (Å²) in [4.78, 5) is 53.1. The number of phenolic OH excluding ortho intramolecular Hbond substituents is 1. The zero-order chi connectivity index (χ0) is 28.9. The minimum atomic E-state index is -1.91. The van der Waals surface area contributed by atoms with E-state index < -0.39 is 51.1 Å². The first kappa shape index (κ1) is 27.8. The number of hydrogen-bond donors (Lipinski definition) is 1. The van der Waals surface area contributed by atoms with E-state index in [1.807, 2.05) is 28.7 Å². The van der Waals surface area contributed by atoms with E-state index in [9.17, 15) is 24.3 Å². The number of aromatic hydroxyl groups is 1. The van der Waals surface area contributed by atoms with E-state index in [0.29, 0.717) is 25.4 Å². The summed E-state index contributed by atoms with van der Waals surface area (Å²) >= 11 is 22.3. The summed E-state index contributed by atoms with van der Waals surface area (Å²) in [5, 5.41) is 11.0. The lowest BCUT2D eigenvalue weighted by molar-refractivity contribution is -0.138. The summed E-state index contributed by atoms with van der Waals surface area (Å²) in [6.07, 6.45) is 2.00. The van der Waals surface area contributed by atoms with Crippen LogP contribution in [0.25, 0.3) is 0 Å². The molecule has 2 aromatic rings. The van der Waals surface area contributed by atoms with Gasteiger partial charge in [-0.15, -0.1) is 23.2 Å². The molecule has 40 heavy (non-hydrogen) atoms. The number of ether oxygens (including phenoxy) is 1. The number of carbonyl (C=O) groups is 4. The average Bonchev–Trinajstić information content (AvgIpc) is 3.25. The third kappa shape index (κ3) is 3.50. The second-order valence-corrected chi connectivity index (χ2v) is 13.4. The number of likely N-dealkylation sites (tertiary alicyclic amines) is 1. The number of benzene rings is 2. The summed E-state index contributed by atoms with van der Waals surface area (Å²) in [6.45, 7) is 0. The summed E-state index contributed by atoms with van der Waals surface area (Å²) in [5.41, 5.74) is 1.56. The van der Waals surface area contributed by atoms with Gasteiger partial charge in [0.1, 0.15) is 0 Å². The molecule has 4 amide bonds. The number of hydrogen-bond acceptors (Lipinski definition) is 6. The van der Waals surface area contributed by atoms with Crippen molar-refractivity contribution in [3.8, 4) is 11.5 Å². The fourth-order valence-electron chi connectivity index (χ4n) is 6.88. The van der Waals surface area contributed by atoms with Gasteiger partial charge in [-0.1, -0.05) is 23.3 Å². The lowest BCUT2D eigenvalue weighted by atomic mass is 9.56. The molecule has 2 aliphatic heterocycles. The molecular weight excluding hydrogens is 694 g/mol. The van der Waals surface area contributed by atoms with Gasteiger partial charge in [0.05, 0.1) is 28.2 Å². The Bertz CT molecular complexity index is 1550. The van der Waals surface area contributed by atoms with Gasteiger partial charge in [0.25, 0.3) is 11.8 Å². The van der Waals surface area contributed by atoms with Gasteiger partial charge in [-0.25, -0.2) is 0 Å². The van der Waals surface area contributed by atoms with Gasteiger partial charge >= 0.3 is 0 Å². The highest BCUT2D eigenvalue weighted by molar-refractivity contribution is 14.1. The smallest absolute Gasteiger partial charge is 0.253 e. The fourth-order valence-corrected chi connectivity index (χ4v) is 8.65. The van der Waals surface area contributed by atoms with Crippen LogP contribution in [0.4, 0.5) is 5.69 Å². The number of phenols is 1. The maximum Gasteiger partial charge on any atom is 0.253 e. The van der Waals surface area contributed by atoms with Crippen molar-refractivity contribution in [2.24, 2.45) is 17.8 Å². The van der Waals surface area contributed by atoms with E-state index in [4.69, 9.17) is 39.5 Å². The van der Waals surface area contributed by atoms with Gasteiger partial charge < -0.3 is 9.84 Å². The lowest BCUT2D eigenvalue weighted by Crippen LogP contribution is -2.60. The highest BCUT2D eigenvalue weighted by Crippen LogP contribution is 2.65. The van der Waals surface area contributed by atoms with E-state index >= 15 is 0 Å². The predicted molar refractivity (Wildman–Crippen MR) is 157 cm³/mol. The Kier molecular flexibility index (Phi) is 6.49. The molecule has 6 atom stereocenters. The second-order valence-electron chi connectivity index (χ2n) is 10.5. The van der Waals surface area contributed by atoms with Crippen LogP contribution in [0, 0.1) is 21.3 Å². The Morgan fingerprint density at radius 3 is 2.35 bits per heavy atom. The third-order valence-electron chi connectivity index (χ3n) is 8.70. The molecule has 1 saturated carbocycles. The maximum absolute atomic E-state index is 14.0. The van der Waals surface area contributed by atoms with Gasteiger partial charge in [0.15, 0.2) is 21.2 Å². The number of carbonyl (C=O) groups excluding carboxylic acids is 4. The Morgan fingerprint density at radius 2 is 1.70 bits per heavy atom. The zero-order valence-electron chi connectivity index (χ0n) is 21.2. The number of rotatable bonds is 3. The molecule has 4 aliphatic rings. The molecule has 2 aliphatic carbocycles. The molecule has 2 saturated heterocycles. The molecule has 2 heterocycles. The molecule has 0 spiro atoms. The molecule has 0 aromatic heterocycles.